The molecule has 0 aliphatic carbocycles. The molecule has 2 aromatic rings. The molecule has 2 rings (SSSR count). The minimum Gasteiger partial charge on any atom is -0.297 e. The summed E-state index contributed by atoms with van der Waals surface area (Å²) in [5, 5.41) is 26.0. The van der Waals surface area contributed by atoms with E-state index in [1.54, 1.807) is 4.40 Å². The molecule has 82 valence electrons. The quantitative estimate of drug-likeness (QED) is 0.737. The van der Waals surface area contributed by atoms with Crippen LogP contribution in [-0.2, 0) is 0 Å². The lowest BCUT2D eigenvalue weighted by Crippen LogP contribution is -2.20. The van der Waals surface area contributed by atoms with E-state index >= 15 is 0 Å². The van der Waals surface area contributed by atoms with Gasteiger partial charge in [0, 0.05) is 5.69 Å². The average Bonchev–Trinajstić information content (AvgIpc) is 2.28. The number of nitriles is 2. The van der Waals surface area contributed by atoms with E-state index in [9.17, 15) is 0 Å². The molecule has 0 spiro atoms. The second-order valence-electron chi connectivity index (χ2n) is 3.94. The van der Waals surface area contributed by atoms with Crippen molar-refractivity contribution in [2.45, 2.75) is 13.8 Å². The molecule has 0 radical (unpaired) electrons. The van der Waals surface area contributed by atoms with Crippen LogP contribution in [0, 0.1) is 41.9 Å². The first-order valence-corrected chi connectivity index (χ1v) is 5.10. The van der Waals surface area contributed by atoms with Gasteiger partial charge in [0.2, 0.25) is 0 Å². The fourth-order valence-corrected chi connectivity index (χ4v) is 1.98. The molecule has 0 aliphatic rings. The average molecular weight is 222 g/mol. The minimum absolute atomic E-state index is 0.124. The Labute approximate surface area is 98.5 Å². The third-order valence-electron chi connectivity index (χ3n) is 2.68. The third-order valence-corrected chi connectivity index (χ3v) is 2.68. The smallest absolute Gasteiger partial charge is 0.147 e. The predicted octanol–water partition coefficient (Wildman–Crippen LogP) is 1.78. The van der Waals surface area contributed by atoms with Crippen LogP contribution in [0.3, 0.4) is 0 Å². The van der Waals surface area contributed by atoms with Crippen molar-refractivity contribution in [1.29, 1.82) is 15.9 Å². The fraction of sp³-hybridized carbons (Fsp3) is 0.154. The van der Waals surface area contributed by atoms with Gasteiger partial charge >= 0.3 is 0 Å². The van der Waals surface area contributed by atoms with E-state index in [1.165, 1.54) is 6.07 Å². The SMILES string of the molecule is Cc1cc(C)n2c(=N)c(C#N)cc(C#N)c2c1. The zero-order chi connectivity index (χ0) is 12.6. The van der Waals surface area contributed by atoms with Crippen LogP contribution in [0.15, 0.2) is 18.2 Å². The fourth-order valence-electron chi connectivity index (χ4n) is 1.98. The number of rotatable bonds is 0. The van der Waals surface area contributed by atoms with Crippen LogP contribution in [0.5, 0.6) is 0 Å². The molecule has 0 bridgehead atoms. The number of aryl methyl sites for hydroxylation is 2. The number of pyridine rings is 2. The summed E-state index contributed by atoms with van der Waals surface area (Å²) >= 11 is 0. The first kappa shape index (κ1) is 10.9. The van der Waals surface area contributed by atoms with Gasteiger partial charge in [-0.2, -0.15) is 10.5 Å². The summed E-state index contributed by atoms with van der Waals surface area (Å²) in [6.45, 7) is 3.80. The normalized spacial score (nSPS) is 9.88. The lowest BCUT2D eigenvalue weighted by Gasteiger charge is -2.09. The molecule has 0 fully saturated rings. The summed E-state index contributed by atoms with van der Waals surface area (Å²) in [6.07, 6.45) is 0. The first-order chi connectivity index (χ1) is 8.08. The maximum Gasteiger partial charge on any atom is 0.147 e. The molecule has 0 saturated carbocycles. The monoisotopic (exact) mass is 222 g/mol. The van der Waals surface area contributed by atoms with Gasteiger partial charge in [0.15, 0.2) is 0 Å². The van der Waals surface area contributed by atoms with Crippen molar-refractivity contribution >= 4 is 5.52 Å². The molecule has 0 amide bonds. The molecule has 0 aromatic carbocycles. The van der Waals surface area contributed by atoms with Crippen molar-refractivity contribution in [3.05, 3.63) is 46.1 Å². The van der Waals surface area contributed by atoms with Crippen LogP contribution in [0.2, 0.25) is 0 Å². The number of hydrogen-bond acceptors (Lipinski definition) is 3. The summed E-state index contributed by atoms with van der Waals surface area (Å²) in [6, 6.07) is 9.26. The van der Waals surface area contributed by atoms with Crippen molar-refractivity contribution < 1.29 is 0 Å². The molecule has 1 N–H and O–H groups in total. The molecule has 0 saturated heterocycles. The van der Waals surface area contributed by atoms with Gasteiger partial charge in [-0.3, -0.25) is 9.81 Å². The molecule has 0 atom stereocenters. The highest BCUT2D eigenvalue weighted by molar-refractivity contribution is 5.64. The third kappa shape index (κ3) is 1.56. The highest BCUT2D eigenvalue weighted by Crippen LogP contribution is 2.14. The van der Waals surface area contributed by atoms with E-state index in [0.29, 0.717) is 11.1 Å². The maximum absolute atomic E-state index is 9.09. The highest BCUT2D eigenvalue weighted by Gasteiger charge is 2.08. The Morgan fingerprint density at radius 3 is 2.29 bits per heavy atom. The molecule has 2 heterocycles. The number of hydrogen-bond donors (Lipinski definition) is 1. The van der Waals surface area contributed by atoms with E-state index in [4.69, 9.17) is 15.9 Å². The highest BCUT2D eigenvalue weighted by atomic mass is 14.9. The van der Waals surface area contributed by atoms with Crippen LogP contribution in [0.25, 0.3) is 5.52 Å². The standard InChI is InChI=1S/C13H10N4/c1-8-3-9(2)17-12(4-8)10(6-14)5-11(7-15)13(17)16/h3-5,16H,1-2H3. The Morgan fingerprint density at radius 2 is 1.71 bits per heavy atom. The van der Waals surface area contributed by atoms with Gasteiger partial charge in [-0.1, -0.05) is 0 Å². The van der Waals surface area contributed by atoms with Crippen LogP contribution < -0.4 is 5.49 Å². The second kappa shape index (κ2) is 3.77. The number of nitrogens with one attached hydrogen (secondary N) is 1. The van der Waals surface area contributed by atoms with Gasteiger partial charge in [0.05, 0.1) is 16.6 Å². The zero-order valence-corrected chi connectivity index (χ0v) is 9.57. The molecule has 17 heavy (non-hydrogen) atoms. The van der Waals surface area contributed by atoms with E-state index in [-0.39, 0.29) is 11.1 Å². The van der Waals surface area contributed by atoms with Crippen molar-refractivity contribution in [1.82, 2.24) is 4.40 Å². The second-order valence-corrected chi connectivity index (χ2v) is 3.94. The lowest BCUT2D eigenvalue weighted by atomic mass is 10.1. The molecular formula is C13H10N4. The largest absolute Gasteiger partial charge is 0.297 e. The van der Waals surface area contributed by atoms with Gasteiger partial charge in [-0.05, 0) is 37.6 Å². The Hall–Kier alpha value is -2.59. The summed E-state index contributed by atoms with van der Waals surface area (Å²) in [5.74, 6) is 0. The zero-order valence-electron chi connectivity index (χ0n) is 9.57. The summed E-state index contributed by atoms with van der Waals surface area (Å²) in [4.78, 5) is 0. The number of aromatic nitrogens is 1. The van der Waals surface area contributed by atoms with E-state index in [0.717, 1.165) is 11.3 Å². The Kier molecular flexibility index (Phi) is 2.42. The van der Waals surface area contributed by atoms with Crippen molar-refractivity contribution in [3.8, 4) is 12.1 Å². The van der Waals surface area contributed by atoms with E-state index in [1.807, 2.05) is 32.0 Å². The molecule has 0 aliphatic heterocycles. The van der Waals surface area contributed by atoms with Crippen LogP contribution in [0.4, 0.5) is 0 Å². The Bertz CT molecular complexity index is 754. The maximum atomic E-state index is 9.09. The summed E-state index contributed by atoms with van der Waals surface area (Å²) < 4.78 is 1.63. The van der Waals surface area contributed by atoms with Gasteiger partial charge in [0.25, 0.3) is 0 Å². The van der Waals surface area contributed by atoms with Crippen LogP contribution in [-0.4, -0.2) is 4.40 Å². The lowest BCUT2D eigenvalue weighted by molar-refractivity contribution is 0.945. The topological polar surface area (TPSA) is 75.8 Å². The van der Waals surface area contributed by atoms with Crippen LogP contribution >= 0.6 is 0 Å². The van der Waals surface area contributed by atoms with Crippen molar-refractivity contribution in [2.24, 2.45) is 0 Å². The number of fused-ring (bicyclic) bond motifs is 1. The number of nitrogens with zero attached hydrogens (tertiary/aromatic N) is 3. The van der Waals surface area contributed by atoms with Crippen molar-refractivity contribution in [2.75, 3.05) is 0 Å². The molecule has 2 aromatic heterocycles. The van der Waals surface area contributed by atoms with E-state index in [2.05, 4.69) is 6.07 Å². The minimum atomic E-state index is 0.124. The van der Waals surface area contributed by atoms with Gasteiger partial charge < -0.3 is 0 Å². The molecule has 4 nitrogen and oxygen atoms in total. The molecule has 0 unspecified atom stereocenters. The molecule has 4 heteroatoms. The van der Waals surface area contributed by atoms with Crippen molar-refractivity contribution in [3.63, 3.8) is 0 Å². The Morgan fingerprint density at radius 1 is 1.06 bits per heavy atom. The van der Waals surface area contributed by atoms with E-state index < -0.39 is 0 Å². The summed E-state index contributed by atoms with van der Waals surface area (Å²) in [5.41, 5.74) is 3.31. The van der Waals surface area contributed by atoms with Gasteiger partial charge in [-0.15, -0.1) is 0 Å². The predicted molar refractivity (Wildman–Crippen MR) is 62.2 cm³/mol. The molecular weight excluding hydrogens is 212 g/mol. The Balaban J connectivity index is 3.14. The summed E-state index contributed by atoms with van der Waals surface area (Å²) in [7, 11) is 0. The van der Waals surface area contributed by atoms with Gasteiger partial charge in [-0.25, -0.2) is 0 Å². The van der Waals surface area contributed by atoms with Crippen LogP contribution in [0.1, 0.15) is 22.4 Å². The first-order valence-electron chi connectivity index (χ1n) is 5.10. The van der Waals surface area contributed by atoms with Gasteiger partial charge in [0.1, 0.15) is 17.6 Å².